The first kappa shape index (κ1) is 17.2. The lowest BCUT2D eigenvalue weighted by molar-refractivity contribution is -0.127. The standard InChI is InChI=1S/C20H28N2O2/c23-19(16-9-5-2-6-10-16)12-11-17-14-21-18(20(24)22-17)13-15-7-3-1-4-8-15/h1,3-4,7-8,16-18,21H,2,5-6,9-14H2,(H,22,24)/t17-,18-/m0/s1. The van der Waals surface area contributed by atoms with Gasteiger partial charge in [0.2, 0.25) is 5.91 Å². The minimum absolute atomic E-state index is 0.0558. The number of hydrogen-bond donors (Lipinski definition) is 2. The van der Waals surface area contributed by atoms with Gasteiger partial charge in [0.15, 0.2) is 0 Å². The molecule has 1 aliphatic carbocycles. The number of rotatable bonds is 6. The van der Waals surface area contributed by atoms with Crippen LogP contribution in [-0.4, -0.2) is 30.3 Å². The second-order valence-corrected chi connectivity index (χ2v) is 7.20. The number of ketones is 1. The summed E-state index contributed by atoms with van der Waals surface area (Å²) in [5.41, 5.74) is 1.16. The number of benzene rings is 1. The summed E-state index contributed by atoms with van der Waals surface area (Å²) in [5.74, 6) is 0.729. The summed E-state index contributed by atoms with van der Waals surface area (Å²) >= 11 is 0. The summed E-state index contributed by atoms with van der Waals surface area (Å²) in [6.45, 7) is 0.751. The maximum Gasteiger partial charge on any atom is 0.237 e. The molecule has 1 aliphatic heterocycles. The number of carbonyl (C=O) groups excluding carboxylic acids is 2. The summed E-state index contributed by atoms with van der Waals surface area (Å²) in [7, 11) is 0. The molecule has 2 N–H and O–H groups in total. The Morgan fingerprint density at radius 1 is 1.08 bits per heavy atom. The number of nitrogens with one attached hydrogen (secondary N) is 2. The molecule has 1 aromatic rings. The molecule has 1 amide bonds. The van der Waals surface area contributed by atoms with Gasteiger partial charge in [-0.25, -0.2) is 0 Å². The van der Waals surface area contributed by atoms with E-state index in [-0.39, 0.29) is 23.9 Å². The van der Waals surface area contributed by atoms with Crippen molar-refractivity contribution >= 4 is 11.7 Å². The van der Waals surface area contributed by atoms with Crippen LogP contribution in [0, 0.1) is 5.92 Å². The van der Waals surface area contributed by atoms with Gasteiger partial charge in [-0.1, -0.05) is 49.6 Å². The van der Waals surface area contributed by atoms with Gasteiger partial charge in [0.25, 0.3) is 0 Å². The van der Waals surface area contributed by atoms with Crippen LogP contribution in [-0.2, 0) is 16.0 Å². The topological polar surface area (TPSA) is 58.2 Å². The fourth-order valence-corrected chi connectivity index (χ4v) is 3.86. The average Bonchev–Trinajstić information content (AvgIpc) is 2.63. The molecule has 4 nitrogen and oxygen atoms in total. The van der Waals surface area contributed by atoms with Gasteiger partial charge in [-0.2, -0.15) is 0 Å². The molecule has 1 heterocycles. The molecule has 1 aromatic carbocycles. The molecule has 2 fully saturated rings. The minimum atomic E-state index is -0.169. The van der Waals surface area contributed by atoms with E-state index in [9.17, 15) is 9.59 Å². The highest BCUT2D eigenvalue weighted by Gasteiger charge is 2.28. The Balaban J connectivity index is 1.42. The lowest BCUT2D eigenvalue weighted by Crippen LogP contribution is -2.59. The Bertz CT molecular complexity index is 552. The van der Waals surface area contributed by atoms with Crippen molar-refractivity contribution in [1.29, 1.82) is 0 Å². The van der Waals surface area contributed by atoms with Crippen LogP contribution in [0.3, 0.4) is 0 Å². The largest absolute Gasteiger partial charge is 0.351 e. The van der Waals surface area contributed by atoms with Crippen molar-refractivity contribution in [2.24, 2.45) is 5.92 Å². The monoisotopic (exact) mass is 328 g/mol. The lowest BCUT2D eigenvalue weighted by Gasteiger charge is -2.31. The van der Waals surface area contributed by atoms with Crippen molar-refractivity contribution in [1.82, 2.24) is 10.6 Å². The smallest absolute Gasteiger partial charge is 0.237 e. The normalized spacial score (nSPS) is 25.2. The molecule has 1 saturated heterocycles. The third-order valence-corrected chi connectivity index (χ3v) is 5.36. The highest BCUT2D eigenvalue weighted by Crippen LogP contribution is 2.25. The summed E-state index contributed by atoms with van der Waals surface area (Å²) in [5, 5.41) is 6.44. The van der Waals surface area contributed by atoms with E-state index in [0.717, 1.165) is 31.4 Å². The van der Waals surface area contributed by atoms with Crippen LogP contribution >= 0.6 is 0 Å². The second-order valence-electron chi connectivity index (χ2n) is 7.20. The molecule has 4 heteroatoms. The van der Waals surface area contributed by atoms with E-state index in [1.54, 1.807) is 0 Å². The van der Waals surface area contributed by atoms with E-state index in [1.165, 1.54) is 19.3 Å². The molecule has 0 unspecified atom stereocenters. The van der Waals surface area contributed by atoms with Crippen LogP contribution in [0.5, 0.6) is 0 Å². The van der Waals surface area contributed by atoms with Gasteiger partial charge in [0.1, 0.15) is 5.78 Å². The highest BCUT2D eigenvalue weighted by atomic mass is 16.2. The van der Waals surface area contributed by atoms with Gasteiger partial charge in [-0.3, -0.25) is 9.59 Å². The zero-order valence-corrected chi connectivity index (χ0v) is 14.3. The average molecular weight is 328 g/mol. The second kappa shape index (κ2) is 8.43. The molecule has 1 saturated carbocycles. The van der Waals surface area contributed by atoms with Gasteiger partial charge < -0.3 is 10.6 Å². The third-order valence-electron chi connectivity index (χ3n) is 5.36. The predicted octanol–water partition coefficient (Wildman–Crippen LogP) is 2.62. The molecule has 0 spiro atoms. The molecular weight excluding hydrogens is 300 g/mol. The van der Waals surface area contributed by atoms with Gasteiger partial charge >= 0.3 is 0 Å². The summed E-state index contributed by atoms with van der Waals surface area (Å²) in [6, 6.07) is 9.98. The highest BCUT2D eigenvalue weighted by molar-refractivity contribution is 5.84. The maximum atomic E-state index is 12.3. The Labute approximate surface area is 144 Å². The molecule has 130 valence electrons. The Kier molecular flexibility index (Phi) is 6.02. The zero-order chi connectivity index (χ0) is 16.8. The van der Waals surface area contributed by atoms with E-state index in [1.807, 2.05) is 30.3 Å². The molecule has 0 bridgehead atoms. The summed E-state index contributed by atoms with van der Waals surface area (Å²) < 4.78 is 0. The SMILES string of the molecule is O=C(CC[C@H]1CN[C@@H](Cc2ccccc2)C(=O)N1)C1CCCCC1. The van der Waals surface area contributed by atoms with E-state index >= 15 is 0 Å². The lowest BCUT2D eigenvalue weighted by atomic mass is 9.84. The summed E-state index contributed by atoms with van der Waals surface area (Å²) in [6.07, 6.45) is 7.85. The first-order valence-corrected chi connectivity index (χ1v) is 9.33. The predicted molar refractivity (Wildman–Crippen MR) is 94.7 cm³/mol. The zero-order valence-electron chi connectivity index (χ0n) is 14.3. The maximum absolute atomic E-state index is 12.3. The number of hydrogen-bond acceptors (Lipinski definition) is 3. The van der Waals surface area contributed by atoms with Crippen molar-refractivity contribution in [2.45, 2.75) is 63.5 Å². The Morgan fingerprint density at radius 3 is 2.54 bits per heavy atom. The number of carbonyl (C=O) groups is 2. The van der Waals surface area contributed by atoms with Crippen molar-refractivity contribution < 1.29 is 9.59 Å². The number of Topliss-reactive ketones (excluding diaryl/α,β-unsaturated/α-hetero) is 1. The van der Waals surface area contributed by atoms with Crippen LogP contribution in [0.4, 0.5) is 0 Å². The van der Waals surface area contributed by atoms with Crippen molar-refractivity contribution in [3.8, 4) is 0 Å². The third kappa shape index (κ3) is 4.67. The Morgan fingerprint density at radius 2 is 1.83 bits per heavy atom. The van der Waals surface area contributed by atoms with E-state index in [0.29, 0.717) is 18.6 Å². The molecular formula is C20H28N2O2. The van der Waals surface area contributed by atoms with Gasteiger partial charge in [0, 0.05) is 24.9 Å². The van der Waals surface area contributed by atoms with Crippen LogP contribution in [0.15, 0.2) is 30.3 Å². The van der Waals surface area contributed by atoms with E-state index < -0.39 is 0 Å². The van der Waals surface area contributed by atoms with Crippen LogP contribution in [0.2, 0.25) is 0 Å². The van der Waals surface area contributed by atoms with Crippen LogP contribution in [0.25, 0.3) is 0 Å². The minimum Gasteiger partial charge on any atom is -0.351 e. The van der Waals surface area contributed by atoms with Crippen LogP contribution < -0.4 is 10.6 Å². The molecule has 2 atom stereocenters. The Hall–Kier alpha value is -1.68. The van der Waals surface area contributed by atoms with Gasteiger partial charge in [0.05, 0.1) is 6.04 Å². The number of amides is 1. The van der Waals surface area contributed by atoms with E-state index in [2.05, 4.69) is 10.6 Å². The molecule has 24 heavy (non-hydrogen) atoms. The fraction of sp³-hybridized carbons (Fsp3) is 0.600. The van der Waals surface area contributed by atoms with Crippen molar-refractivity contribution in [3.05, 3.63) is 35.9 Å². The fourth-order valence-electron chi connectivity index (χ4n) is 3.86. The molecule has 3 rings (SSSR count). The number of piperazine rings is 1. The molecule has 2 aliphatic rings. The summed E-state index contributed by atoms with van der Waals surface area (Å²) in [4.78, 5) is 24.6. The molecule has 0 aromatic heterocycles. The van der Waals surface area contributed by atoms with Gasteiger partial charge in [-0.15, -0.1) is 0 Å². The van der Waals surface area contributed by atoms with Crippen molar-refractivity contribution in [2.75, 3.05) is 6.54 Å². The first-order valence-electron chi connectivity index (χ1n) is 9.33. The molecule has 0 radical (unpaired) electrons. The quantitative estimate of drug-likeness (QED) is 0.844. The van der Waals surface area contributed by atoms with E-state index in [4.69, 9.17) is 0 Å². The first-order chi connectivity index (χ1) is 11.7. The van der Waals surface area contributed by atoms with Crippen LogP contribution in [0.1, 0.15) is 50.5 Å². The van der Waals surface area contributed by atoms with Crippen molar-refractivity contribution in [3.63, 3.8) is 0 Å². The van der Waals surface area contributed by atoms with Gasteiger partial charge in [-0.05, 0) is 31.2 Å².